The molecule has 1 atom stereocenters. The van der Waals surface area contributed by atoms with E-state index in [0.717, 1.165) is 44.0 Å². The lowest BCUT2D eigenvalue weighted by Crippen LogP contribution is -1.97. The third-order valence-corrected chi connectivity index (χ3v) is 6.72. The van der Waals surface area contributed by atoms with E-state index in [1.54, 1.807) is 13.4 Å². The van der Waals surface area contributed by atoms with E-state index < -0.39 is 0 Å². The molecule has 1 unspecified atom stereocenters. The van der Waals surface area contributed by atoms with Crippen LogP contribution < -0.4 is 4.74 Å². The molecule has 0 fully saturated rings. The maximum absolute atomic E-state index is 13.4. The fourth-order valence-corrected chi connectivity index (χ4v) is 5.05. The van der Waals surface area contributed by atoms with Crippen molar-refractivity contribution in [3.05, 3.63) is 95.8 Å². The first kappa shape index (κ1) is 20.4. The molecular weight excluding hydrogens is 421 g/mol. The Morgan fingerprint density at radius 2 is 1.88 bits per heavy atom. The number of aryl methyl sites for hydroxylation is 1. The van der Waals surface area contributed by atoms with Gasteiger partial charge in [0.05, 0.1) is 35.2 Å². The van der Waals surface area contributed by atoms with Gasteiger partial charge in [-0.25, -0.2) is 9.37 Å². The summed E-state index contributed by atoms with van der Waals surface area (Å²) in [5.74, 6) is 0.674. The molecule has 0 N–H and O–H groups in total. The van der Waals surface area contributed by atoms with Gasteiger partial charge < -0.3 is 9.30 Å². The second-order valence-electron chi connectivity index (χ2n) is 7.84. The summed E-state index contributed by atoms with van der Waals surface area (Å²) in [5, 5.41) is 1.11. The molecule has 0 aliphatic rings. The number of rotatable bonds is 5. The number of fused-ring (bicyclic) bond motifs is 1. The first-order chi connectivity index (χ1) is 15.5. The summed E-state index contributed by atoms with van der Waals surface area (Å²) < 4.78 is 27.0. The van der Waals surface area contributed by atoms with Crippen molar-refractivity contribution in [2.45, 2.75) is 19.8 Å². The predicted octanol–water partition coefficient (Wildman–Crippen LogP) is 6.76. The summed E-state index contributed by atoms with van der Waals surface area (Å²) in [7, 11) is 1.67. The van der Waals surface area contributed by atoms with E-state index in [2.05, 4.69) is 36.2 Å². The fraction of sp³-hybridized carbons (Fsp3) is 0.154. The molecule has 5 aromatic rings. The Morgan fingerprint density at radius 3 is 2.59 bits per heavy atom. The van der Waals surface area contributed by atoms with Crippen molar-refractivity contribution in [2.24, 2.45) is 0 Å². The molecule has 2 heterocycles. The lowest BCUT2D eigenvalue weighted by atomic mass is 9.92. The molecule has 0 amide bonds. The van der Waals surface area contributed by atoms with Gasteiger partial charge in [0.1, 0.15) is 11.6 Å². The minimum atomic E-state index is -0.220. The Morgan fingerprint density at radius 1 is 1.06 bits per heavy atom. The van der Waals surface area contributed by atoms with Gasteiger partial charge in [0.15, 0.2) is 0 Å². The van der Waals surface area contributed by atoms with Crippen LogP contribution in [0.5, 0.6) is 5.75 Å². The average Bonchev–Trinajstić information content (AvgIpc) is 3.45. The van der Waals surface area contributed by atoms with Gasteiger partial charge in [-0.05, 0) is 53.8 Å². The van der Waals surface area contributed by atoms with Gasteiger partial charge in [-0.15, -0.1) is 0 Å². The molecule has 2 aromatic heterocycles. The van der Waals surface area contributed by atoms with Crippen molar-refractivity contribution in [1.82, 2.24) is 13.9 Å². The number of hydrogen-bond donors (Lipinski definition) is 0. The summed E-state index contributed by atoms with van der Waals surface area (Å²) in [5.41, 5.74) is 6.09. The highest BCUT2D eigenvalue weighted by Gasteiger charge is 2.18. The average molecular weight is 444 g/mol. The number of methoxy groups -OCH3 is 1. The van der Waals surface area contributed by atoms with Crippen LogP contribution in [0, 0.1) is 12.7 Å². The van der Waals surface area contributed by atoms with E-state index in [1.165, 1.54) is 29.2 Å². The zero-order valence-electron chi connectivity index (χ0n) is 18.0. The Labute approximate surface area is 190 Å². The second-order valence-corrected chi connectivity index (χ2v) is 8.61. The third-order valence-electron chi connectivity index (χ3n) is 5.81. The summed E-state index contributed by atoms with van der Waals surface area (Å²) in [6.07, 6.45) is 3.76. The Hall–Kier alpha value is -3.51. The Bertz CT molecular complexity index is 1400. The van der Waals surface area contributed by atoms with E-state index in [-0.39, 0.29) is 11.7 Å². The smallest absolute Gasteiger partial charge is 0.143 e. The lowest BCUT2D eigenvalue weighted by molar-refractivity contribution is 0.413. The van der Waals surface area contributed by atoms with Crippen LogP contribution in [0.4, 0.5) is 4.39 Å². The minimum Gasteiger partial charge on any atom is -0.495 e. The zero-order valence-corrected chi connectivity index (χ0v) is 18.9. The van der Waals surface area contributed by atoms with E-state index >= 15 is 0 Å². The first-order valence-corrected chi connectivity index (χ1v) is 11.2. The number of nitrogens with zero attached hydrogens (tertiary/aromatic N) is 3. The molecule has 6 heteroatoms. The first-order valence-electron chi connectivity index (χ1n) is 10.4. The van der Waals surface area contributed by atoms with Crippen molar-refractivity contribution >= 4 is 21.6 Å². The molecule has 0 saturated heterocycles. The van der Waals surface area contributed by atoms with Crippen LogP contribution in [0.15, 0.2) is 73.2 Å². The van der Waals surface area contributed by atoms with Crippen LogP contribution >= 0.6 is 11.5 Å². The van der Waals surface area contributed by atoms with Crippen LogP contribution in [-0.4, -0.2) is 21.0 Å². The van der Waals surface area contributed by atoms with Crippen molar-refractivity contribution in [3.8, 4) is 22.7 Å². The number of aromatic nitrogens is 3. The van der Waals surface area contributed by atoms with Gasteiger partial charge in [0.2, 0.25) is 0 Å². The molecule has 160 valence electrons. The van der Waals surface area contributed by atoms with Crippen molar-refractivity contribution in [2.75, 3.05) is 7.11 Å². The molecule has 0 spiro atoms. The highest BCUT2D eigenvalue weighted by molar-refractivity contribution is 7.14. The standard InChI is InChI=1S/C26H22FN3OS/c1-16-14-30(15-28-16)23-12-9-19(13-24(23)31-3)25-22-6-4-5-21(26(22)32-29-25)17(2)18-7-10-20(27)11-8-18/h4-15,17H,1-3H3. The predicted molar refractivity (Wildman–Crippen MR) is 127 cm³/mol. The number of benzene rings is 3. The van der Waals surface area contributed by atoms with Gasteiger partial charge in [-0.1, -0.05) is 43.3 Å². The molecule has 0 saturated carbocycles. The van der Waals surface area contributed by atoms with Gasteiger partial charge in [0.25, 0.3) is 0 Å². The van der Waals surface area contributed by atoms with Gasteiger partial charge in [0, 0.05) is 23.1 Å². The highest BCUT2D eigenvalue weighted by atomic mass is 32.1. The third kappa shape index (κ3) is 3.56. The maximum atomic E-state index is 13.4. The number of halogens is 1. The molecule has 5 rings (SSSR count). The summed E-state index contributed by atoms with van der Waals surface area (Å²) in [4.78, 5) is 4.31. The SMILES string of the molecule is COc1cc(-c2nsc3c(C(C)c4ccc(F)cc4)cccc23)ccc1-n1cnc(C)c1. The highest BCUT2D eigenvalue weighted by Crippen LogP contribution is 2.39. The molecular formula is C26H22FN3OS. The number of ether oxygens (including phenoxy) is 1. The van der Waals surface area contributed by atoms with Crippen molar-refractivity contribution < 1.29 is 9.13 Å². The van der Waals surface area contributed by atoms with E-state index in [9.17, 15) is 4.39 Å². The molecule has 0 radical (unpaired) electrons. The van der Waals surface area contributed by atoms with Crippen LogP contribution in [0.2, 0.25) is 0 Å². The van der Waals surface area contributed by atoms with Crippen LogP contribution in [-0.2, 0) is 0 Å². The normalized spacial score (nSPS) is 12.2. The van der Waals surface area contributed by atoms with E-state index in [1.807, 2.05) is 42.0 Å². The minimum absolute atomic E-state index is 0.133. The summed E-state index contributed by atoms with van der Waals surface area (Å²) in [6.45, 7) is 4.11. The maximum Gasteiger partial charge on any atom is 0.143 e. The molecule has 4 nitrogen and oxygen atoms in total. The largest absolute Gasteiger partial charge is 0.495 e. The number of hydrogen-bond acceptors (Lipinski definition) is 4. The summed E-state index contributed by atoms with van der Waals surface area (Å²) >= 11 is 1.50. The quantitative estimate of drug-likeness (QED) is 0.301. The van der Waals surface area contributed by atoms with Gasteiger partial charge in [-0.3, -0.25) is 0 Å². The molecule has 0 bridgehead atoms. The Balaban J connectivity index is 1.57. The zero-order chi connectivity index (χ0) is 22.2. The second kappa shape index (κ2) is 8.20. The van der Waals surface area contributed by atoms with Crippen LogP contribution in [0.1, 0.15) is 29.7 Å². The summed E-state index contributed by atoms with van der Waals surface area (Å²) in [6, 6.07) is 19.1. The Kier molecular flexibility index (Phi) is 5.23. The van der Waals surface area contributed by atoms with Crippen molar-refractivity contribution in [3.63, 3.8) is 0 Å². The van der Waals surface area contributed by atoms with Crippen LogP contribution in [0.3, 0.4) is 0 Å². The molecule has 3 aromatic carbocycles. The van der Waals surface area contributed by atoms with Gasteiger partial charge >= 0.3 is 0 Å². The monoisotopic (exact) mass is 443 g/mol. The molecule has 32 heavy (non-hydrogen) atoms. The number of imidazole rings is 1. The van der Waals surface area contributed by atoms with E-state index in [0.29, 0.717) is 0 Å². The van der Waals surface area contributed by atoms with Crippen molar-refractivity contribution in [1.29, 1.82) is 0 Å². The van der Waals surface area contributed by atoms with E-state index in [4.69, 9.17) is 9.11 Å². The fourth-order valence-electron chi connectivity index (χ4n) is 4.06. The van der Waals surface area contributed by atoms with Crippen LogP contribution in [0.25, 0.3) is 27.0 Å². The molecule has 0 aliphatic heterocycles. The van der Waals surface area contributed by atoms with Gasteiger partial charge in [-0.2, -0.15) is 4.37 Å². The molecule has 0 aliphatic carbocycles. The topological polar surface area (TPSA) is 39.9 Å². The lowest BCUT2D eigenvalue weighted by Gasteiger charge is -2.13.